The standard InChI is InChI=1S/C15H22N2O/c1-11-5-3-6-13(9-11)12(2)17-15(18)10-14-7-4-8-16-14/h3,5-6,9,12,14,16H,4,7-8,10H2,1-2H3,(H,17,18)/t12-,14?/m0/s1. The Morgan fingerprint density at radius 3 is 3.06 bits per heavy atom. The van der Waals surface area contributed by atoms with E-state index >= 15 is 0 Å². The molecule has 0 saturated carbocycles. The first-order valence-corrected chi connectivity index (χ1v) is 6.74. The lowest BCUT2D eigenvalue weighted by Crippen LogP contribution is -2.33. The first-order valence-electron chi connectivity index (χ1n) is 6.74. The summed E-state index contributed by atoms with van der Waals surface area (Å²) in [5.41, 5.74) is 2.40. The third-order valence-corrected chi connectivity index (χ3v) is 3.51. The number of hydrogen-bond donors (Lipinski definition) is 2. The van der Waals surface area contributed by atoms with Crippen molar-refractivity contribution in [3.8, 4) is 0 Å². The molecule has 1 aromatic carbocycles. The van der Waals surface area contributed by atoms with Crippen molar-refractivity contribution in [3.63, 3.8) is 0 Å². The van der Waals surface area contributed by atoms with Crippen LogP contribution in [0.5, 0.6) is 0 Å². The van der Waals surface area contributed by atoms with Crippen LogP contribution in [0.4, 0.5) is 0 Å². The number of hydrogen-bond acceptors (Lipinski definition) is 2. The van der Waals surface area contributed by atoms with E-state index in [2.05, 4.69) is 35.8 Å². The van der Waals surface area contributed by atoms with Crippen LogP contribution >= 0.6 is 0 Å². The van der Waals surface area contributed by atoms with Crippen molar-refractivity contribution >= 4 is 5.91 Å². The predicted octanol–water partition coefficient (Wildman–Crippen LogP) is 2.31. The van der Waals surface area contributed by atoms with Crippen LogP contribution in [0.1, 0.15) is 43.4 Å². The Morgan fingerprint density at radius 2 is 2.39 bits per heavy atom. The van der Waals surface area contributed by atoms with Crippen LogP contribution in [0.25, 0.3) is 0 Å². The second-order valence-electron chi connectivity index (χ2n) is 5.20. The van der Waals surface area contributed by atoms with Gasteiger partial charge in [0.25, 0.3) is 0 Å². The molecule has 1 aromatic rings. The van der Waals surface area contributed by atoms with E-state index < -0.39 is 0 Å². The predicted molar refractivity (Wildman–Crippen MR) is 73.4 cm³/mol. The van der Waals surface area contributed by atoms with Gasteiger partial charge in [-0.3, -0.25) is 4.79 Å². The maximum atomic E-state index is 11.9. The summed E-state index contributed by atoms with van der Waals surface area (Å²) in [6, 6.07) is 8.74. The van der Waals surface area contributed by atoms with Crippen LogP contribution in [-0.4, -0.2) is 18.5 Å². The van der Waals surface area contributed by atoms with E-state index in [1.54, 1.807) is 0 Å². The fourth-order valence-corrected chi connectivity index (χ4v) is 2.48. The number of carbonyl (C=O) groups is 1. The monoisotopic (exact) mass is 246 g/mol. The molecule has 3 heteroatoms. The van der Waals surface area contributed by atoms with E-state index in [-0.39, 0.29) is 11.9 Å². The van der Waals surface area contributed by atoms with Crippen molar-refractivity contribution in [1.82, 2.24) is 10.6 Å². The molecule has 0 bridgehead atoms. The highest BCUT2D eigenvalue weighted by atomic mass is 16.1. The highest BCUT2D eigenvalue weighted by molar-refractivity contribution is 5.77. The largest absolute Gasteiger partial charge is 0.350 e. The first kappa shape index (κ1) is 13.1. The van der Waals surface area contributed by atoms with Gasteiger partial charge in [0.2, 0.25) is 5.91 Å². The Balaban J connectivity index is 1.86. The van der Waals surface area contributed by atoms with Crippen LogP contribution in [0, 0.1) is 6.92 Å². The SMILES string of the molecule is Cc1cccc([C@H](C)NC(=O)CC2CCCN2)c1. The summed E-state index contributed by atoms with van der Waals surface area (Å²) in [6.07, 6.45) is 2.90. The summed E-state index contributed by atoms with van der Waals surface area (Å²) >= 11 is 0. The second kappa shape index (κ2) is 6.01. The summed E-state index contributed by atoms with van der Waals surface area (Å²) in [7, 11) is 0. The maximum absolute atomic E-state index is 11.9. The summed E-state index contributed by atoms with van der Waals surface area (Å²) < 4.78 is 0. The maximum Gasteiger partial charge on any atom is 0.222 e. The van der Waals surface area contributed by atoms with Gasteiger partial charge in [-0.25, -0.2) is 0 Å². The summed E-state index contributed by atoms with van der Waals surface area (Å²) in [4.78, 5) is 11.9. The Kier molecular flexibility index (Phi) is 4.37. The minimum Gasteiger partial charge on any atom is -0.350 e. The van der Waals surface area contributed by atoms with Crippen molar-refractivity contribution in [3.05, 3.63) is 35.4 Å². The van der Waals surface area contributed by atoms with Gasteiger partial charge >= 0.3 is 0 Å². The molecule has 2 N–H and O–H groups in total. The number of benzene rings is 1. The highest BCUT2D eigenvalue weighted by Crippen LogP contribution is 2.15. The van der Waals surface area contributed by atoms with Crippen molar-refractivity contribution in [2.24, 2.45) is 0 Å². The average molecular weight is 246 g/mol. The lowest BCUT2D eigenvalue weighted by molar-refractivity contribution is -0.122. The quantitative estimate of drug-likeness (QED) is 0.856. The van der Waals surface area contributed by atoms with Gasteiger partial charge < -0.3 is 10.6 Å². The Morgan fingerprint density at radius 1 is 1.56 bits per heavy atom. The Labute approximate surface area is 109 Å². The number of carbonyl (C=O) groups excluding carboxylic acids is 1. The van der Waals surface area contributed by atoms with Crippen LogP contribution in [0.3, 0.4) is 0 Å². The summed E-state index contributed by atoms with van der Waals surface area (Å²) in [6.45, 7) is 5.15. The van der Waals surface area contributed by atoms with E-state index in [0.717, 1.165) is 13.0 Å². The van der Waals surface area contributed by atoms with Crippen LogP contribution in [-0.2, 0) is 4.79 Å². The van der Waals surface area contributed by atoms with Crippen LogP contribution in [0.15, 0.2) is 24.3 Å². The van der Waals surface area contributed by atoms with Crippen molar-refractivity contribution < 1.29 is 4.79 Å². The van der Waals surface area contributed by atoms with Crippen LogP contribution < -0.4 is 10.6 Å². The third-order valence-electron chi connectivity index (χ3n) is 3.51. The summed E-state index contributed by atoms with van der Waals surface area (Å²) in [5.74, 6) is 0.142. The normalized spacial score (nSPS) is 20.7. The number of rotatable bonds is 4. The molecule has 1 unspecified atom stereocenters. The highest BCUT2D eigenvalue weighted by Gasteiger charge is 2.18. The van der Waals surface area contributed by atoms with Gasteiger partial charge in [0.05, 0.1) is 6.04 Å². The molecular weight excluding hydrogens is 224 g/mol. The van der Waals surface area contributed by atoms with E-state index in [9.17, 15) is 4.79 Å². The van der Waals surface area contributed by atoms with Crippen molar-refractivity contribution in [1.29, 1.82) is 0 Å². The first-order chi connectivity index (χ1) is 8.65. The molecule has 0 radical (unpaired) electrons. The minimum atomic E-state index is 0.0822. The number of aryl methyl sites for hydroxylation is 1. The zero-order chi connectivity index (χ0) is 13.0. The zero-order valence-corrected chi connectivity index (χ0v) is 11.2. The van der Waals surface area contributed by atoms with Gasteiger partial charge in [-0.1, -0.05) is 29.8 Å². The summed E-state index contributed by atoms with van der Waals surface area (Å²) in [5, 5.41) is 6.42. The topological polar surface area (TPSA) is 41.1 Å². The fraction of sp³-hybridized carbons (Fsp3) is 0.533. The van der Waals surface area contributed by atoms with Gasteiger partial charge in [0, 0.05) is 12.5 Å². The zero-order valence-electron chi connectivity index (χ0n) is 11.2. The number of nitrogens with one attached hydrogen (secondary N) is 2. The molecule has 1 heterocycles. The average Bonchev–Trinajstić information content (AvgIpc) is 2.81. The molecule has 0 aromatic heterocycles. The lowest BCUT2D eigenvalue weighted by atomic mass is 10.1. The molecule has 1 saturated heterocycles. The minimum absolute atomic E-state index is 0.0822. The Hall–Kier alpha value is -1.35. The van der Waals surface area contributed by atoms with Gasteiger partial charge in [-0.2, -0.15) is 0 Å². The van der Waals surface area contributed by atoms with Gasteiger partial charge in [-0.15, -0.1) is 0 Å². The van der Waals surface area contributed by atoms with Gasteiger partial charge in [0.1, 0.15) is 0 Å². The lowest BCUT2D eigenvalue weighted by Gasteiger charge is -2.16. The van der Waals surface area contributed by atoms with E-state index in [4.69, 9.17) is 0 Å². The Bertz CT molecular complexity index is 411. The molecule has 1 fully saturated rings. The molecule has 0 aliphatic carbocycles. The van der Waals surface area contributed by atoms with Crippen molar-refractivity contribution in [2.75, 3.05) is 6.54 Å². The molecule has 1 aliphatic rings. The molecule has 1 amide bonds. The van der Waals surface area contributed by atoms with E-state index in [0.29, 0.717) is 12.5 Å². The molecule has 1 aliphatic heterocycles. The van der Waals surface area contributed by atoms with Gasteiger partial charge in [0.15, 0.2) is 0 Å². The number of amides is 1. The molecule has 3 nitrogen and oxygen atoms in total. The third kappa shape index (κ3) is 3.57. The molecule has 98 valence electrons. The molecule has 18 heavy (non-hydrogen) atoms. The van der Waals surface area contributed by atoms with Crippen LogP contribution in [0.2, 0.25) is 0 Å². The van der Waals surface area contributed by atoms with Gasteiger partial charge in [-0.05, 0) is 38.8 Å². The molecular formula is C15H22N2O. The second-order valence-corrected chi connectivity index (χ2v) is 5.20. The van der Waals surface area contributed by atoms with Crippen molar-refractivity contribution in [2.45, 2.75) is 45.2 Å². The van der Waals surface area contributed by atoms with E-state index in [1.807, 2.05) is 13.0 Å². The molecule has 2 rings (SSSR count). The smallest absolute Gasteiger partial charge is 0.222 e. The molecule has 0 spiro atoms. The van der Waals surface area contributed by atoms with E-state index in [1.165, 1.54) is 17.5 Å². The molecule has 2 atom stereocenters. The fourth-order valence-electron chi connectivity index (χ4n) is 2.48.